The molecular weight excluding hydrogens is 406 g/mol. The van der Waals surface area contributed by atoms with Crippen molar-refractivity contribution >= 4 is 39.0 Å². The molecular formula is C24H23N5OS. The Bertz CT molecular complexity index is 1250. The highest BCUT2D eigenvalue weighted by Gasteiger charge is 2.14. The van der Waals surface area contributed by atoms with E-state index in [9.17, 15) is 4.79 Å². The van der Waals surface area contributed by atoms with Crippen molar-refractivity contribution < 1.29 is 4.79 Å². The van der Waals surface area contributed by atoms with Crippen molar-refractivity contribution in [2.75, 3.05) is 24.1 Å². The first-order chi connectivity index (χ1) is 15.1. The number of nitrogens with zero attached hydrogens (tertiary/aromatic N) is 3. The lowest BCUT2D eigenvalue weighted by molar-refractivity contribution is 0.102. The van der Waals surface area contributed by atoms with Gasteiger partial charge in [0.05, 0.1) is 4.88 Å². The minimum absolute atomic E-state index is 0.151. The maximum Gasteiger partial charge on any atom is 0.256 e. The first-order valence-corrected chi connectivity index (χ1v) is 11.2. The number of nitrogens with two attached hydrogens (primary N) is 1. The van der Waals surface area contributed by atoms with Gasteiger partial charge in [-0.05, 0) is 66.7 Å². The van der Waals surface area contributed by atoms with Crippen molar-refractivity contribution in [2.45, 2.75) is 19.4 Å². The van der Waals surface area contributed by atoms with Crippen LogP contribution in [0, 0.1) is 0 Å². The Kier molecular flexibility index (Phi) is 5.36. The van der Waals surface area contributed by atoms with Crippen LogP contribution in [0.4, 0.5) is 10.9 Å². The molecule has 3 N–H and O–H groups in total. The number of fused-ring (bicyclic) bond motifs is 1. The Morgan fingerprint density at radius 3 is 2.71 bits per heavy atom. The molecule has 7 heteroatoms. The van der Waals surface area contributed by atoms with Crippen molar-refractivity contribution in [1.29, 1.82) is 0 Å². The molecule has 0 unspecified atom stereocenters. The fraction of sp³-hybridized carbons (Fsp3) is 0.208. The van der Waals surface area contributed by atoms with Crippen LogP contribution in [0.15, 0.2) is 60.9 Å². The summed E-state index contributed by atoms with van der Waals surface area (Å²) < 4.78 is 0. The topological polar surface area (TPSA) is 84.1 Å². The van der Waals surface area contributed by atoms with E-state index in [4.69, 9.17) is 5.73 Å². The van der Waals surface area contributed by atoms with E-state index in [1.54, 1.807) is 12.4 Å². The lowest BCUT2D eigenvalue weighted by Crippen LogP contribution is -2.19. The third-order valence-electron chi connectivity index (χ3n) is 5.57. The minimum Gasteiger partial charge on any atom is -0.375 e. The summed E-state index contributed by atoms with van der Waals surface area (Å²) >= 11 is 1.45. The summed E-state index contributed by atoms with van der Waals surface area (Å²) in [7, 11) is 0. The molecule has 31 heavy (non-hydrogen) atoms. The quantitative estimate of drug-likeness (QED) is 0.477. The molecule has 0 aliphatic carbocycles. The molecule has 156 valence electrons. The van der Waals surface area contributed by atoms with E-state index in [0.29, 0.717) is 16.5 Å². The third-order valence-corrected chi connectivity index (χ3v) is 6.44. The molecule has 1 saturated heterocycles. The van der Waals surface area contributed by atoms with Gasteiger partial charge in [-0.1, -0.05) is 35.6 Å². The van der Waals surface area contributed by atoms with Gasteiger partial charge < -0.3 is 11.1 Å². The molecule has 3 heterocycles. The first-order valence-electron chi connectivity index (χ1n) is 10.4. The molecule has 2 aromatic carbocycles. The van der Waals surface area contributed by atoms with Crippen molar-refractivity contribution in [2.24, 2.45) is 0 Å². The van der Waals surface area contributed by atoms with Gasteiger partial charge in [-0.25, -0.2) is 9.97 Å². The second kappa shape index (κ2) is 8.45. The van der Waals surface area contributed by atoms with Crippen LogP contribution in [0.3, 0.4) is 0 Å². The van der Waals surface area contributed by atoms with Gasteiger partial charge >= 0.3 is 0 Å². The zero-order chi connectivity index (χ0) is 21.2. The Balaban J connectivity index is 1.35. The number of benzene rings is 2. The number of aromatic nitrogens is 2. The largest absolute Gasteiger partial charge is 0.375 e. The molecule has 4 aromatic rings. The average Bonchev–Trinajstić information content (AvgIpc) is 3.45. The van der Waals surface area contributed by atoms with E-state index in [0.717, 1.165) is 46.4 Å². The van der Waals surface area contributed by atoms with Gasteiger partial charge in [0.25, 0.3) is 5.91 Å². The highest BCUT2D eigenvalue weighted by atomic mass is 32.1. The maximum atomic E-state index is 12.8. The molecule has 0 atom stereocenters. The van der Waals surface area contributed by atoms with Gasteiger partial charge in [0.1, 0.15) is 5.82 Å². The Labute approximate surface area is 184 Å². The smallest absolute Gasteiger partial charge is 0.256 e. The molecule has 1 aliphatic heterocycles. The Morgan fingerprint density at radius 1 is 1.03 bits per heavy atom. The van der Waals surface area contributed by atoms with Gasteiger partial charge in [0, 0.05) is 29.9 Å². The number of anilines is 2. The zero-order valence-corrected chi connectivity index (χ0v) is 17.9. The highest BCUT2D eigenvalue weighted by Crippen LogP contribution is 2.30. The fourth-order valence-corrected chi connectivity index (χ4v) is 4.66. The van der Waals surface area contributed by atoms with Crippen LogP contribution in [0.1, 0.15) is 28.8 Å². The first kappa shape index (κ1) is 19.7. The van der Waals surface area contributed by atoms with Crippen LogP contribution in [0.2, 0.25) is 0 Å². The van der Waals surface area contributed by atoms with E-state index in [-0.39, 0.29) is 5.91 Å². The van der Waals surface area contributed by atoms with Crippen LogP contribution in [0.5, 0.6) is 0 Å². The second-order valence-electron chi connectivity index (χ2n) is 7.83. The number of hydrogen-bond donors (Lipinski definition) is 2. The summed E-state index contributed by atoms with van der Waals surface area (Å²) in [5, 5.41) is 5.49. The van der Waals surface area contributed by atoms with Gasteiger partial charge in [0.15, 0.2) is 5.13 Å². The second-order valence-corrected chi connectivity index (χ2v) is 8.89. The predicted molar refractivity (Wildman–Crippen MR) is 126 cm³/mol. The number of nitrogens with one attached hydrogen (secondary N) is 1. The highest BCUT2D eigenvalue weighted by molar-refractivity contribution is 7.18. The van der Waals surface area contributed by atoms with Gasteiger partial charge in [-0.3, -0.25) is 9.69 Å². The van der Waals surface area contributed by atoms with Gasteiger partial charge in [-0.15, -0.1) is 0 Å². The average molecular weight is 430 g/mol. The SMILES string of the molecule is Nc1ncc(-c2ccc3cnc(NC(=O)c4cccc(CN5CCCC5)c4)cc3c2)s1. The Morgan fingerprint density at radius 2 is 1.90 bits per heavy atom. The predicted octanol–water partition coefficient (Wildman–Crippen LogP) is 4.79. The van der Waals surface area contributed by atoms with Crippen LogP contribution in [0.25, 0.3) is 21.2 Å². The van der Waals surface area contributed by atoms with Crippen LogP contribution in [-0.4, -0.2) is 33.9 Å². The number of hydrogen-bond acceptors (Lipinski definition) is 6. The summed E-state index contributed by atoms with van der Waals surface area (Å²) in [4.78, 5) is 24.8. The van der Waals surface area contributed by atoms with Crippen molar-refractivity contribution in [3.63, 3.8) is 0 Å². The number of amides is 1. The normalized spacial score (nSPS) is 14.2. The summed E-state index contributed by atoms with van der Waals surface area (Å²) in [6.45, 7) is 3.15. The van der Waals surface area contributed by atoms with Crippen LogP contribution >= 0.6 is 11.3 Å². The molecule has 0 saturated carbocycles. The molecule has 1 amide bonds. The number of pyridine rings is 1. The standard InChI is InChI=1S/C24H23N5OS/c25-24-27-14-21(31-24)17-6-7-19-13-26-22(12-20(19)11-17)28-23(30)18-5-3-4-16(10-18)15-29-8-1-2-9-29/h3-7,10-14H,1-2,8-9,15H2,(H2,25,27)(H,26,28,30). The van der Waals surface area contributed by atoms with Crippen molar-refractivity contribution in [3.05, 3.63) is 72.1 Å². The molecule has 6 nitrogen and oxygen atoms in total. The molecule has 1 aliphatic rings. The summed E-state index contributed by atoms with van der Waals surface area (Å²) in [5.41, 5.74) is 8.61. The molecule has 0 radical (unpaired) electrons. The third kappa shape index (κ3) is 4.42. The summed E-state index contributed by atoms with van der Waals surface area (Å²) in [5.74, 6) is 0.380. The number of carbonyl (C=O) groups excluding carboxylic acids is 1. The number of thiazole rings is 1. The lowest BCUT2D eigenvalue weighted by atomic mass is 10.1. The maximum absolute atomic E-state index is 12.8. The molecule has 0 spiro atoms. The number of likely N-dealkylation sites (tertiary alicyclic amines) is 1. The monoisotopic (exact) mass is 429 g/mol. The molecule has 5 rings (SSSR count). The molecule has 0 bridgehead atoms. The summed E-state index contributed by atoms with van der Waals surface area (Å²) in [6, 6.07) is 15.9. The fourth-order valence-electron chi connectivity index (χ4n) is 3.98. The summed E-state index contributed by atoms with van der Waals surface area (Å²) in [6.07, 6.45) is 6.07. The van der Waals surface area contributed by atoms with E-state index in [1.807, 2.05) is 36.4 Å². The van der Waals surface area contributed by atoms with Crippen LogP contribution < -0.4 is 11.1 Å². The van der Waals surface area contributed by atoms with Crippen molar-refractivity contribution in [3.8, 4) is 10.4 Å². The molecule has 2 aromatic heterocycles. The van der Waals surface area contributed by atoms with Crippen molar-refractivity contribution in [1.82, 2.24) is 14.9 Å². The van der Waals surface area contributed by atoms with Gasteiger partial charge in [-0.2, -0.15) is 0 Å². The minimum atomic E-state index is -0.151. The Hall–Kier alpha value is -3.29. The van der Waals surface area contributed by atoms with Gasteiger partial charge in [0.2, 0.25) is 0 Å². The molecule has 1 fully saturated rings. The van der Waals surface area contributed by atoms with E-state index >= 15 is 0 Å². The van der Waals surface area contributed by atoms with E-state index in [2.05, 4.69) is 32.3 Å². The zero-order valence-electron chi connectivity index (χ0n) is 17.0. The number of nitrogen functional groups attached to an aromatic ring is 1. The van der Waals surface area contributed by atoms with E-state index < -0.39 is 0 Å². The van der Waals surface area contributed by atoms with E-state index in [1.165, 1.54) is 24.2 Å². The lowest BCUT2D eigenvalue weighted by Gasteiger charge is -2.15. The van der Waals surface area contributed by atoms with Crippen LogP contribution in [-0.2, 0) is 6.54 Å². The number of rotatable bonds is 5. The number of carbonyl (C=O) groups is 1.